The van der Waals surface area contributed by atoms with Gasteiger partial charge in [0.25, 0.3) is 0 Å². The summed E-state index contributed by atoms with van der Waals surface area (Å²) >= 11 is 0. The van der Waals surface area contributed by atoms with Crippen LogP contribution in [-0.2, 0) is 6.54 Å². The highest BCUT2D eigenvalue weighted by Gasteiger charge is 2.22. The number of halogens is 1. The molecule has 1 aliphatic rings. The van der Waals surface area contributed by atoms with E-state index >= 15 is 0 Å². The van der Waals surface area contributed by atoms with E-state index in [9.17, 15) is 9.18 Å². The summed E-state index contributed by atoms with van der Waals surface area (Å²) in [6.07, 6.45) is 0. The predicted octanol–water partition coefficient (Wildman–Crippen LogP) is 4.43. The molecule has 0 amide bonds. The van der Waals surface area contributed by atoms with E-state index in [1.165, 1.54) is 24.6 Å². The summed E-state index contributed by atoms with van der Waals surface area (Å²) < 4.78 is 13.4. The molecule has 1 fully saturated rings. The van der Waals surface area contributed by atoms with Crippen LogP contribution in [0.1, 0.15) is 36.8 Å². The Labute approximate surface area is 170 Å². The highest BCUT2D eigenvalue weighted by Crippen LogP contribution is 2.30. The van der Waals surface area contributed by atoms with Gasteiger partial charge in [0.2, 0.25) is 0 Å². The molecule has 0 spiro atoms. The van der Waals surface area contributed by atoms with E-state index in [1.807, 2.05) is 0 Å². The van der Waals surface area contributed by atoms with Gasteiger partial charge in [-0.1, -0.05) is 24.3 Å². The minimum Gasteiger partial charge on any atom is -0.311 e. The first-order valence-electron chi connectivity index (χ1n) is 10.1. The fourth-order valence-electron chi connectivity index (χ4n) is 3.97. The van der Waals surface area contributed by atoms with E-state index in [0.29, 0.717) is 17.8 Å². The molecule has 2 heterocycles. The second-order valence-electron chi connectivity index (χ2n) is 8.06. The fourth-order valence-corrected chi connectivity index (χ4v) is 3.97. The number of nitrogens with one attached hydrogen (secondary N) is 1. The molecule has 3 aromatic rings. The molecule has 4 rings (SSSR count). The number of piperazine rings is 1. The van der Waals surface area contributed by atoms with E-state index in [4.69, 9.17) is 0 Å². The lowest BCUT2D eigenvalue weighted by molar-refractivity contribution is 0.101. The number of carbonyl (C=O) groups is 1. The van der Waals surface area contributed by atoms with Crippen molar-refractivity contribution in [3.63, 3.8) is 0 Å². The maximum Gasteiger partial charge on any atom is 0.178 e. The van der Waals surface area contributed by atoms with Gasteiger partial charge in [0.05, 0.1) is 5.52 Å². The first-order valence-corrected chi connectivity index (χ1v) is 10.1. The van der Waals surface area contributed by atoms with Gasteiger partial charge < -0.3 is 5.32 Å². The van der Waals surface area contributed by atoms with Crippen molar-refractivity contribution in [2.45, 2.75) is 39.4 Å². The summed E-state index contributed by atoms with van der Waals surface area (Å²) in [5.74, 6) is -0.356. The van der Waals surface area contributed by atoms with E-state index in [0.717, 1.165) is 41.7 Å². The monoisotopic (exact) mass is 391 g/mol. The Kier molecular flexibility index (Phi) is 5.43. The summed E-state index contributed by atoms with van der Waals surface area (Å²) in [6.45, 7) is 8.79. The van der Waals surface area contributed by atoms with E-state index in [1.54, 1.807) is 18.2 Å². The van der Waals surface area contributed by atoms with Crippen LogP contribution in [-0.4, -0.2) is 40.8 Å². The van der Waals surface area contributed by atoms with Crippen LogP contribution in [0.25, 0.3) is 22.0 Å². The van der Waals surface area contributed by atoms with Crippen molar-refractivity contribution in [2.24, 2.45) is 0 Å². The van der Waals surface area contributed by atoms with Gasteiger partial charge in [0.1, 0.15) is 11.5 Å². The maximum atomic E-state index is 13.4. The first kappa shape index (κ1) is 19.7. The number of fused-ring (bicyclic) bond motifs is 1. The molecule has 29 heavy (non-hydrogen) atoms. The van der Waals surface area contributed by atoms with Gasteiger partial charge in [0, 0.05) is 44.0 Å². The van der Waals surface area contributed by atoms with Gasteiger partial charge in [0.15, 0.2) is 5.78 Å². The molecule has 0 radical (unpaired) electrons. The quantitative estimate of drug-likeness (QED) is 0.669. The molecule has 1 aliphatic heterocycles. The summed E-state index contributed by atoms with van der Waals surface area (Å²) in [5.41, 5.74) is 4.18. The Bertz CT molecular complexity index is 1050. The van der Waals surface area contributed by atoms with Gasteiger partial charge in [-0.2, -0.15) is 0 Å². The molecule has 1 unspecified atom stereocenters. The van der Waals surface area contributed by atoms with Crippen LogP contribution < -0.4 is 5.32 Å². The van der Waals surface area contributed by atoms with Crippen molar-refractivity contribution in [1.29, 1.82) is 0 Å². The van der Waals surface area contributed by atoms with Crippen molar-refractivity contribution in [3.8, 4) is 11.1 Å². The van der Waals surface area contributed by atoms with Crippen molar-refractivity contribution >= 4 is 16.7 Å². The van der Waals surface area contributed by atoms with E-state index in [2.05, 4.69) is 47.2 Å². The van der Waals surface area contributed by atoms with E-state index < -0.39 is 0 Å². The summed E-state index contributed by atoms with van der Waals surface area (Å²) in [7, 11) is 0. The third-order valence-corrected chi connectivity index (χ3v) is 5.67. The molecule has 0 saturated carbocycles. The zero-order valence-electron chi connectivity index (χ0n) is 17.1. The van der Waals surface area contributed by atoms with Crippen molar-refractivity contribution in [3.05, 3.63) is 65.6 Å². The van der Waals surface area contributed by atoms with E-state index in [-0.39, 0.29) is 11.6 Å². The molecule has 2 aromatic carbocycles. The van der Waals surface area contributed by atoms with Crippen LogP contribution in [0.15, 0.2) is 48.5 Å². The number of carbonyl (C=O) groups excluding carboxylic acids is 1. The lowest BCUT2D eigenvalue weighted by atomic mass is 9.98. The third kappa shape index (κ3) is 4.21. The Morgan fingerprint density at radius 1 is 1.17 bits per heavy atom. The molecule has 150 valence electrons. The van der Waals surface area contributed by atoms with Crippen LogP contribution in [0.5, 0.6) is 0 Å². The molecule has 4 nitrogen and oxygen atoms in total. The molecule has 1 aromatic heterocycles. The Hall–Kier alpha value is -2.63. The van der Waals surface area contributed by atoms with Gasteiger partial charge in [-0.15, -0.1) is 0 Å². The number of hydrogen-bond acceptors (Lipinski definition) is 4. The van der Waals surface area contributed by atoms with Crippen molar-refractivity contribution in [1.82, 2.24) is 15.2 Å². The maximum absolute atomic E-state index is 13.4. The van der Waals surface area contributed by atoms with Crippen LogP contribution in [0, 0.1) is 5.82 Å². The van der Waals surface area contributed by atoms with Gasteiger partial charge >= 0.3 is 0 Å². The van der Waals surface area contributed by atoms with Crippen LogP contribution in [0.4, 0.5) is 4.39 Å². The summed E-state index contributed by atoms with van der Waals surface area (Å²) in [5, 5.41) is 4.47. The highest BCUT2D eigenvalue weighted by atomic mass is 19.1. The van der Waals surface area contributed by atoms with Gasteiger partial charge in [-0.3, -0.25) is 9.69 Å². The lowest BCUT2D eigenvalue weighted by Gasteiger charge is -2.37. The zero-order chi connectivity index (χ0) is 20.5. The van der Waals surface area contributed by atoms with Crippen LogP contribution in [0.3, 0.4) is 0 Å². The second-order valence-corrected chi connectivity index (χ2v) is 8.06. The van der Waals surface area contributed by atoms with Crippen molar-refractivity contribution in [2.75, 3.05) is 13.1 Å². The average Bonchev–Trinajstić information content (AvgIpc) is 2.70. The van der Waals surface area contributed by atoms with Gasteiger partial charge in [-0.05, 0) is 54.8 Å². The molecule has 0 aliphatic carbocycles. The molecule has 1 saturated heterocycles. The SMILES string of the molecule is CC(=O)c1cc(-c2ccc(F)cc2)c2ccc(CN3CC(C)NC[C@@H]3C)cc2n1. The summed E-state index contributed by atoms with van der Waals surface area (Å²) in [6, 6.07) is 15.4. The molecule has 2 atom stereocenters. The number of ketones is 1. The normalized spacial score (nSPS) is 20.1. The largest absolute Gasteiger partial charge is 0.311 e. The highest BCUT2D eigenvalue weighted by molar-refractivity contribution is 6.01. The van der Waals surface area contributed by atoms with Crippen LogP contribution in [0.2, 0.25) is 0 Å². The number of nitrogens with zero attached hydrogens (tertiary/aromatic N) is 2. The second kappa shape index (κ2) is 8.01. The number of hydrogen-bond donors (Lipinski definition) is 1. The smallest absolute Gasteiger partial charge is 0.178 e. The molecule has 5 heteroatoms. The Morgan fingerprint density at radius 3 is 2.66 bits per heavy atom. The standard InChI is InChI=1S/C24H26FN3O/c1-15-13-28(16(2)12-26-15)14-18-4-9-21-22(19-5-7-20(25)8-6-19)11-23(17(3)29)27-24(21)10-18/h4-11,15-16,26H,12-14H2,1-3H3/t15?,16-/m0/s1. The third-order valence-electron chi connectivity index (χ3n) is 5.67. The molecular weight excluding hydrogens is 365 g/mol. The molecule has 1 N–H and O–H groups in total. The first-order chi connectivity index (χ1) is 13.9. The number of Topliss-reactive ketones (excluding diaryl/α,β-unsaturated/α-hetero) is 1. The minimum atomic E-state index is -0.277. The summed E-state index contributed by atoms with van der Waals surface area (Å²) in [4.78, 5) is 19.2. The zero-order valence-corrected chi connectivity index (χ0v) is 17.1. The number of pyridine rings is 1. The molecule has 0 bridgehead atoms. The average molecular weight is 391 g/mol. The lowest BCUT2D eigenvalue weighted by Crippen LogP contribution is -2.53. The topological polar surface area (TPSA) is 45.2 Å². The number of aromatic nitrogens is 1. The molecular formula is C24H26FN3O. The van der Waals surface area contributed by atoms with Crippen molar-refractivity contribution < 1.29 is 9.18 Å². The number of rotatable bonds is 4. The minimum absolute atomic E-state index is 0.0785. The Morgan fingerprint density at radius 2 is 1.93 bits per heavy atom. The fraction of sp³-hybridized carbons (Fsp3) is 0.333. The van der Waals surface area contributed by atoms with Crippen LogP contribution >= 0.6 is 0 Å². The number of benzene rings is 2. The Balaban J connectivity index is 1.75. The predicted molar refractivity (Wildman–Crippen MR) is 114 cm³/mol. The van der Waals surface area contributed by atoms with Gasteiger partial charge in [-0.25, -0.2) is 9.37 Å².